The quantitative estimate of drug-likeness (QED) is 0.189. The van der Waals surface area contributed by atoms with Gasteiger partial charge < -0.3 is 20.9 Å². The van der Waals surface area contributed by atoms with Crippen molar-refractivity contribution in [1.29, 1.82) is 0 Å². The minimum Gasteiger partial charge on any atom is -0.357 e. The maximum atomic E-state index is 12.8. The van der Waals surface area contributed by atoms with Crippen LogP contribution in [0, 0.1) is 11.8 Å². The fourth-order valence-corrected chi connectivity index (χ4v) is 5.11. The smallest absolute Gasteiger partial charge is 0.225 e. The first kappa shape index (κ1) is 26.2. The lowest BCUT2D eigenvalue weighted by Gasteiger charge is -2.26. The fourth-order valence-electron chi connectivity index (χ4n) is 5.11. The molecule has 1 atom stereocenters. The summed E-state index contributed by atoms with van der Waals surface area (Å²) in [5, 5.41) is 9.77. The molecule has 1 aliphatic heterocycles. The molecule has 0 bridgehead atoms. The van der Waals surface area contributed by atoms with Crippen molar-refractivity contribution in [2.75, 3.05) is 32.7 Å². The molecule has 0 aromatic heterocycles. The van der Waals surface area contributed by atoms with E-state index in [1.54, 1.807) is 0 Å². The Morgan fingerprint density at radius 1 is 0.968 bits per heavy atom. The predicted molar refractivity (Wildman–Crippen MR) is 136 cm³/mol. The second kappa shape index (κ2) is 14.2. The Hall–Kier alpha value is -1.06. The van der Waals surface area contributed by atoms with Gasteiger partial charge in [-0.1, -0.05) is 32.1 Å². The number of nitrogens with zero attached hydrogens (tertiary/aromatic N) is 2. The highest BCUT2D eigenvalue weighted by Gasteiger charge is 2.31. The Morgan fingerprint density at radius 2 is 1.68 bits per heavy atom. The van der Waals surface area contributed by atoms with Gasteiger partial charge in [0.1, 0.15) is 0 Å². The standard InChI is InChI=1S/C23H41N5O2.HI/c1-2-24-23(26-14-13-25-21(29)16-18-8-6-7-9-18)27-20-12-15-28(17-20)22(30)19-10-4-3-5-11-19;/h18-20H,2-17H2,1H3,(H,25,29)(H2,24,26,27);1H. The van der Waals surface area contributed by atoms with Crippen molar-refractivity contribution in [2.24, 2.45) is 16.8 Å². The lowest BCUT2D eigenvalue weighted by Crippen LogP contribution is -2.46. The van der Waals surface area contributed by atoms with Crippen molar-refractivity contribution in [3.63, 3.8) is 0 Å². The van der Waals surface area contributed by atoms with Crippen LogP contribution in [0.2, 0.25) is 0 Å². The zero-order chi connectivity index (χ0) is 21.2. The third kappa shape index (κ3) is 8.77. The molecular weight excluding hydrogens is 505 g/mol. The van der Waals surface area contributed by atoms with E-state index in [2.05, 4.69) is 20.9 Å². The molecule has 178 valence electrons. The second-order valence-corrected chi connectivity index (χ2v) is 9.21. The molecule has 31 heavy (non-hydrogen) atoms. The van der Waals surface area contributed by atoms with Gasteiger partial charge in [-0.25, -0.2) is 0 Å². The topological polar surface area (TPSA) is 85.8 Å². The molecule has 2 amide bonds. The van der Waals surface area contributed by atoms with Crippen molar-refractivity contribution in [3.05, 3.63) is 0 Å². The van der Waals surface area contributed by atoms with Crippen molar-refractivity contribution >= 4 is 41.8 Å². The summed E-state index contributed by atoms with van der Waals surface area (Å²) in [7, 11) is 0. The van der Waals surface area contributed by atoms with E-state index < -0.39 is 0 Å². The van der Waals surface area contributed by atoms with Crippen LogP contribution in [-0.2, 0) is 9.59 Å². The second-order valence-electron chi connectivity index (χ2n) is 9.21. The maximum absolute atomic E-state index is 12.8. The highest BCUT2D eigenvalue weighted by Crippen LogP contribution is 2.27. The highest BCUT2D eigenvalue weighted by molar-refractivity contribution is 14.0. The van der Waals surface area contributed by atoms with Crippen LogP contribution in [0.4, 0.5) is 0 Å². The molecule has 3 rings (SSSR count). The van der Waals surface area contributed by atoms with Gasteiger partial charge in [-0.2, -0.15) is 0 Å². The maximum Gasteiger partial charge on any atom is 0.225 e. The van der Waals surface area contributed by atoms with E-state index in [0.717, 1.165) is 44.9 Å². The minimum absolute atomic E-state index is 0. The van der Waals surface area contributed by atoms with Crippen LogP contribution in [-0.4, -0.2) is 61.4 Å². The first-order valence-electron chi connectivity index (χ1n) is 12.3. The van der Waals surface area contributed by atoms with Gasteiger partial charge in [-0.3, -0.25) is 14.6 Å². The summed E-state index contributed by atoms with van der Waals surface area (Å²) in [5.41, 5.74) is 0. The zero-order valence-electron chi connectivity index (χ0n) is 19.2. The van der Waals surface area contributed by atoms with Gasteiger partial charge in [-0.05, 0) is 44.9 Å². The molecule has 1 heterocycles. The molecule has 2 saturated carbocycles. The summed E-state index contributed by atoms with van der Waals surface area (Å²) in [6, 6.07) is 0.243. The van der Waals surface area contributed by atoms with Crippen LogP contribution < -0.4 is 16.0 Å². The summed E-state index contributed by atoms with van der Waals surface area (Å²) < 4.78 is 0. The number of amides is 2. The summed E-state index contributed by atoms with van der Waals surface area (Å²) >= 11 is 0. The number of carbonyl (C=O) groups is 2. The van der Waals surface area contributed by atoms with Gasteiger partial charge in [-0.15, -0.1) is 24.0 Å². The molecule has 3 aliphatic rings. The number of hydrogen-bond acceptors (Lipinski definition) is 3. The molecule has 2 aliphatic carbocycles. The Kier molecular flexibility index (Phi) is 12.0. The number of nitrogens with one attached hydrogen (secondary N) is 3. The Bertz CT molecular complexity index is 589. The summed E-state index contributed by atoms with van der Waals surface area (Å²) in [6.45, 7) is 5.56. The van der Waals surface area contributed by atoms with Crippen molar-refractivity contribution in [1.82, 2.24) is 20.9 Å². The van der Waals surface area contributed by atoms with Crippen LogP contribution >= 0.6 is 24.0 Å². The lowest BCUT2D eigenvalue weighted by molar-refractivity contribution is -0.135. The molecule has 0 aromatic rings. The summed E-state index contributed by atoms with van der Waals surface area (Å²) in [5.74, 6) is 2.11. The van der Waals surface area contributed by atoms with Gasteiger partial charge in [0.05, 0.1) is 6.54 Å². The number of hydrogen-bond donors (Lipinski definition) is 3. The predicted octanol–water partition coefficient (Wildman–Crippen LogP) is 3.04. The van der Waals surface area contributed by atoms with Crippen LogP contribution in [0.1, 0.15) is 77.6 Å². The lowest BCUT2D eigenvalue weighted by atomic mass is 9.88. The van der Waals surface area contributed by atoms with Crippen LogP contribution in [0.5, 0.6) is 0 Å². The number of halogens is 1. The molecule has 8 heteroatoms. The molecule has 3 fully saturated rings. The fraction of sp³-hybridized carbons (Fsp3) is 0.870. The molecule has 0 radical (unpaired) electrons. The molecule has 0 aromatic carbocycles. The molecule has 1 saturated heterocycles. The average Bonchev–Trinajstić information content (AvgIpc) is 3.43. The Morgan fingerprint density at radius 3 is 2.39 bits per heavy atom. The van der Waals surface area contributed by atoms with E-state index in [-0.39, 0.29) is 41.8 Å². The van der Waals surface area contributed by atoms with Gasteiger partial charge in [0, 0.05) is 44.6 Å². The number of likely N-dealkylation sites (tertiary alicyclic amines) is 1. The number of rotatable bonds is 8. The molecule has 7 nitrogen and oxygen atoms in total. The van der Waals surface area contributed by atoms with Crippen molar-refractivity contribution < 1.29 is 9.59 Å². The zero-order valence-corrected chi connectivity index (χ0v) is 21.5. The van der Waals surface area contributed by atoms with Crippen molar-refractivity contribution in [3.8, 4) is 0 Å². The number of guanidine groups is 1. The minimum atomic E-state index is 0. The van der Waals surface area contributed by atoms with Gasteiger partial charge in [0.25, 0.3) is 0 Å². The summed E-state index contributed by atoms with van der Waals surface area (Å²) in [4.78, 5) is 31.5. The Labute approximate surface area is 205 Å². The molecule has 3 N–H and O–H groups in total. The summed E-state index contributed by atoms with van der Waals surface area (Å²) in [6.07, 6.45) is 12.3. The van der Waals surface area contributed by atoms with Gasteiger partial charge >= 0.3 is 0 Å². The third-order valence-electron chi connectivity index (χ3n) is 6.79. The third-order valence-corrected chi connectivity index (χ3v) is 6.79. The van der Waals surface area contributed by atoms with Crippen LogP contribution in [0.3, 0.4) is 0 Å². The van der Waals surface area contributed by atoms with Gasteiger partial charge in [0.15, 0.2) is 5.96 Å². The first-order valence-corrected chi connectivity index (χ1v) is 12.3. The Balaban J connectivity index is 0.00000341. The highest BCUT2D eigenvalue weighted by atomic mass is 127. The molecule has 0 spiro atoms. The normalized spacial score (nSPS) is 22.8. The molecule has 1 unspecified atom stereocenters. The first-order chi connectivity index (χ1) is 14.7. The van der Waals surface area contributed by atoms with E-state index in [1.165, 1.54) is 44.9 Å². The molecular formula is C23H42IN5O2. The van der Waals surface area contributed by atoms with Crippen LogP contribution in [0.25, 0.3) is 0 Å². The van der Waals surface area contributed by atoms with E-state index in [9.17, 15) is 9.59 Å². The van der Waals surface area contributed by atoms with E-state index >= 15 is 0 Å². The SMILES string of the molecule is CCNC(=NCCNC(=O)CC1CCCC1)NC1CCN(C(=O)C2CCCCC2)C1.I. The largest absolute Gasteiger partial charge is 0.357 e. The van der Waals surface area contributed by atoms with E-state index in [1.807, 2.05) is 11.8 Å². The monoisotopic (exact) mass is 547 g/mol. The number of carbonyl (C=O) groups excluding carboxylic acids is 2. The van der Waals surface area contributed by atoms with Crippen molar-refractivity contribution in [2.45, 2.75) is 83.6 Å². The van der Waals surface area contributed by atoms with Crippen LogP contribution in [0.15, 0.2) is 4.99 Å². The van der Waals surface area contributed by atoms with E-state index in [0.29, 0.717) is 31.3 Å². The van der Waals surface area contributed by atoms with Gasteiger partial charge in [0.2, 0.25) is 11.8 Å². The van der Waals surface area contributed by atoms with E-state index in [4.69, 9.17) is 0 Å². The average molecular weight is 548 g/mol. The number of aliphatic imine (C=N–C) groups is 1.